The van der Waals surface area contributed by atoms with E-state index in [1.807, 2.05) is 6.92 Å². The molecule has 2 heteroatoms. The van der Waals surface area contributed by atoms with Crippen LogP contribution in [0, 0.1) is 19.8 Å². The van der Waals surface area contributed by atoms with Crippen LogP contribution in [-0.4, -0.2) is 18.8 Å². The molecule has 1 fully saturated rings. The van der Waals surface area contributed by atoms with Crippen molar-refractivity contribution in [3.05, 3.63) is 28.8 Å². The molecule has 0 bridgehead atoms. The molecule has 0 spiro atoms. The monoisotopic (exact) mass is 248 g/mol. The van der Waals surface area contributed by atoms with E-state index < -0.39 is 0 Å². The number of rotatable bonds is 5. The van der Waals surface area contributed by atoms with Gasteiger partial charge in [-0.2, -0.15) is 0 Å². The van der Waals surface area contributed by atoms with E-state index in [9.17, 15) is 0 Å². The van der Waals surface area contributed by atoms with E-state index in [4.69, 9.17) is 9.47 Å². The summed E-state index contributed by atoms with van der Waals surface area (Å²) in [7, 11) is 0. The van der Waals surface area contributed by atoms with Crippen molar-refractivity contribution in [3.8, 4) is 5.75 Å². The summed E-state index contributed by atoms with van der Waals surface area (Å²) in [5, 5.41) is 0. The number of hydrogen-bond donors (Lipinski definition) is 0. The second-order valence-corrected chi connectivity index (χ2v) is 5.49. The lowest BCUT2D eigenvalue weighted by molar-refractivity contribution is 0.316. The minimum absolute atomic E-state index is 0.431. The number of benzene rings is 1. The maximum absolute atomic E-state index is 5.81. The molecule has 3 atom stereocenters. The number of ether oxygens (including phenoxy) is 2. The molecule has 3 unspecified atom stereocenters. The normalized spacial score (nSPS) is 23.8. The molecule has 0 radical (unpaired) electrons. The third-order valence-electron chi connectivity index (χ3n) is 3.65. The van der Waals surface area contributed by atoms with Crippen LogP contribution in [0.3, 0.4) is 0 Å². The van der Waals surface area contributed by atoms with Crippen molar-refractivity contribution < 1.29 is 9.47 Å². The summed E-state index contributed by atoms with van der Waals surface area (Å²) >= 11 is 0. The molecule has 0 N–H and O–H groups in total. The SMILES string of the molecule is CCOc1c(C)cc(C)cc1CC(C)C1OC1C. The Labute approximate surface area is 110 Å². The predicted octanol–water partition coefficient (Wildman–Crippen LogP) is 3.67. The van der Waals surface area contributed by atoms with Gasteiger partial charge in [-0.3, -0.25) is 0 Å². The first-order valence-electron chi connectivity index (χ1n) is 6.91. The van der Waals surface area contributed by atoms with Gasteiger partial charge in [0.05, 0.1) is 18.8 Å². The lowest BCUT2D eigenvalue weighted by Crippen LogP contribution is -2.11. The highest BCUT2D eigenvalue weighted by molar-refractivity contribution is 5.44. The van der Waals surface area contributed by atoms with Crippen LogP contribution in [0.1, 0.15) is 37.5 Å². The minimum atomic E-state index is 0.431. The summed E-state index contributed by atoms with van der Waals surface area (Å²) in [6, 6.07) is 4.44. The zero-order valence-electron chi connectivity index (χ0n) is 12.1. The Morgan fingerprint density at radius 3 is 2.56 bits per heavy atom. The molecule has 0 aromatic heterocycles. The molecule has 0 aliphatic carbocycles. The van der Waals surface area contributed by atoms with Crippen LogP contribution in [0.25, 0.3) is 0 Å². The molecule has 0 amide bonds. The zero-order valence-corrected chi connectivity index (χ0v) is 12.1. The predicted molar refractivity (Wildman–Crippen MR) is 74.3 cm³/mol. The molecule has 18 heavy (non-hydrogen) atoms. The Morgan fingerprint density at radius 1 is 1.33 bits per heavy atom. The Morgan fingerprint density at radius 2 is 2.00 bits per heavy atom. The Balaban J connectivity index is 2.19. The van der Waals surface area contributed by atoms with Gasteiger partial charge in [0.2, 0.25) is 0 Å². The average Bonchev–Trinajstić information content (AvgIpc) is 3.00. The van der Waals surface area contributed by atoms with Gasteiger partial charge in [-0.15, -0.1) is 0 Å². The highest BCUT2D eigenvalue weighted by Crippen LogP contribution is 2.34. The van der Waals surface area contributed by atoms with Gasteiger partial charge in [-0.25, -0.2) is 0 Å². The standard InChI is InChI=1S/C16H24O2/c1-6-17-16-11(3)7-10(2)8-14(16)9-12(4)15-13(5)18-15/h7-8,12-13,15H,6,9H2,1-5H3. The van der Waals surface area contributed by atoms with Gasteiger partial charge < -0.3 is 9.47 Å². The Bertz CT molecular complexity index is 425. The molecule has 1 aliphatic heterocycles. The summed E-state index contributed by atoms with van der Waals surface area (Å²) in [6.45, 7) is 11.4. The topological polar surface area (TPSA) is 21.8 Å². The highest BCUT2D eigenvalue weighted by Gasteiger charge is 2.39. The Kier molecular flexibility index (Phi) is 3.96. The van der Waals surface area contributed by atoms with E-state index in [1.54, 1.807) is 0 Å². The Hall–Kier alpha value is -1.02. The summed E-state index contributed by atoms with van der Waals surface area (Å²) in [5.74, 6) is 1.63. The first-order valence-corrected chi connectivity index (χ1v) is 6.91. The fourth-order valence-electron chi connectivity index (χ4n) is 2.81. The molecule has 1 saturated heterocycles. The minimum Gasteiger partial charge on any atom is -0.493 e. The molecule has 1 aromatic rings. The van der Waals surface area contributed by atoms with E-state index in [0.717, 1.165) is 18.8 Å². The van der Waals surface area contributed by atoms with Gasteiger partial charge in [0.1, 0.15) is 5.75 Å². The van der Waals surface area contributed by atoms with Crippen LogP contribution >= 0.6 is 0 Å². The molecular formula is C16H24O2. The molecule has 2 nitrogen and oxygen atoms in total. The summed E-state index contributed by atoms with van der Waals surface area (Å²) in [4.78, 5) is 0. The number of aryl methyl sites for hydroxylation is 2. The number of epoxide rings is 1. The van der Waals surface area contributed by atoms with Gasteiger partial charge in [0.15, 0.2) is 0 Å². The lowest BCUT2D eigenvalue weighted by atomic mass is 9.93. The van der Waals surface area contributed by atoms with Gasteiger partial charge >= 0.3 is 0 Å². The largest absolute Gasteiger partial charge is 0.493 e. The van der Waals surface area contributed by atoms with Crippen LogP contribution in [0.5, 0.6) is 5.75 Å². The second kappa shape index (κ2) is 5.31. The van der Waals surface area contributed by atoms with Crippen molar-refractivity contribution in [2.24, 2.45) is 5.92 Å². The van der Waals surface area contributed by atoms with Crippen molar-refractivity contribution in [2.75, 3.05) is 6.61 Å². The molecule has 1 heterocycles. The summed E-state index contributed by atoms with van der Waals surface area (Å²) in [5.41, 5.74) is 3.87. The smallest absolute Gasteiger partial charge is 0.125 e. The molecular weight excluding hydrogens is 224 g/mol. The van der Waals surface area contributed by atoms with Gasteiger partial charge in [-0.05, 0) is 51.2 Å². The summed E-state index contributed by atoms with van der Waals surface area (Å²) < 4.78 is 11.4. The van der Waals surface area contributed by atoms with Crippen LogP contribution in [0.15, 0.2) is 12.1 Å². The van der Waals surface area contributed by atoms with E-state index in [-0.39, 0.29) is 0 Å². The lowest BCUT2D eigenvalue weighted by Gasteiger charge is -2.16. The van der Waals surface area contributed by atoms with Gasteiger partial charge in [0, 0.05) is 0 Å². The molecule has 100 valence electrons. The third-order valence-corrected chi connectivity index (χ3v) is 3.65. The third kappa shape index (κ3) is 2.86. The highest BCUT2D eigenvalue weighted by atomic mass is 16.6. The first kappa shape index (κ1) is 13.4. The van der Waals surface area contributed by atoms with E-state index >= 15 is 0 Å². The second-order valence-electron chi connectivity index (χ2n) is 5.49. The van der Waals surface area contributed by atoms with Crippen molar-refractivity contribution >= 4 is 0 Å². The van der Waals surface area contributed by atoms with Crippen LogP contribution in [-0.2, 0) is 11.2 Å². The van der Waals surface area contributed by atoms with Crippen molar-refractivity contribution in [1.29, 1.82) is 0 Å². The van der Waals surface area contributed by atoms with Crippen LogP contribution in [0.2, 0.25) is 0 Å². The molecule has 1 aromatic carbocycles. The molecule has 2 rings (SSSR count). The van der Waals surface area contributed by atoms with Crippen LogP contribution in [0.4, 0.5) is 0 Å². The summed E-state index contributed by atoms with van der Waals surface area (Å²) in [6.07, 6.45) is 1.90. The zero-order chi connectivity index (χ0) is 13.3. The molecule has 1 aliphatic rings. The van der Waals surface area contributed by atoms with Gasteiger partial charge in [-0.1, -0.05) is 24.6 Å². The fraction of sp³-hybridized carbons (Fsp3) is 0.625. The maximum atomic E-state index is 5.81. The maximum Gasteiger partial charge on any atom is 0.125 e. The molecule has 0 saturated carbocycles. The average molecular weight is 248 g/mol. The van der Waals surface area contributed by atoms with Crippen molar-refractivity contribution in [3.63, 3.8) is 0 Å². The first-order chi connectivity index (χ1) is 8.52. The van der Waals surface area contributed by atoms with Crippen molar-refractivity contribution in [1.82, 2.24) is 0 Å². The van der Waals surface area contributed by atoms with Crippen LogP contribution < -0.4 is 4.74 Å². The fourth-order valence-corrected chi connectivity index (χ4v) is 2.81. The quantitative estimate of drug-likeness (QED) is 0.742. The van der Waals surface area contributed by atoms with Crippen molar-refractivity contribution in [2.45, 2.75) is 53.2 Å². The van der Waals surface area contributed by atoms with E-state index in [1.165, 1.54) is 16.7 Å². The van der Waals surface area contributed by atoms with E-state index in [2.05, 4.69) is 39.8 Å². The van der Waals surface area contributed by atoms with Gasteiger partial charge in [0.25, 0.3) is 0 Å². The van der Waals surface area contributed by atoms with E-state index in [0.29, 0.717) is 18.1 Å². The number of hydrogen-bond acceptors (Lipinski definition) is 2.